The van der Waals surface area contributed by atoms with Crippen LogP contribution >= 0.6 is 7.92 Å². The van der Waals surface area contributed by atoms with Crippen LogP contribution in [-0.2, 0) is 21.7 Å². The van der Waals surface area contributed by atoms with Crippen LogP contribution in [0.25, 0.3) is 21.5 Å². The minimum Gasteiger partial charge on any atom is -1.00 e. The Kier molecular flexibility index (Phi) is 14.2. The van der Waals surface area contributed by atoms with E-state index in [-0.39, 0.29) is 54.5 Å². The van der Waals surface area contributed by atoms with Crippen molar-refractivity contribution in [3.8, 4) is 0 Å². The van der Waals surface area contributed by atoms with Crippen molar-refractivity contribution in [3.63, 3.8) is 0 Å². The third kappa shape index (κ3) is 7.22. The summed E-state index contributed by atoms with van der Waals surface area (Å²) in [5.41, 5.74) is 2.74. The maximum absolute atomic E-state index is 2.41. The first kappa shape index (κ1) is 29.4. The third-order valence-corrected chi connectivity index (χ3v) is 8.17. The Morgan fingerprint density at radius 3 is 2.07 bits per heavy atom. The summed E-state index contributed by atoms with van der Waals surface area (Å²) in [6.45, 7) is 8.91. The molecule has 158 valence electrons. The van der Waals surface area contributed by atoms with Crippen LogP contribution in [0.3, 0.4) is 0 Å². The molecule has 0 bridgehead atoms. The molecule has 0 saturated carbocycles. The van der Waals surface area contributed by atoms with Gasteiger partial charge in [0.25, 0.3) is 0 Å². The van der Waals surface area contributed by atoms with E-state index in [1.165, 1.54) is 57.8 Å². The van der Waals surface area contributed by atoms with Crippen molar-refractivity contribution in [2.45, 2.75) is 40.5 Å². The van der Waals surface area contributed by atoms with E-state index in [4.69, 9.17) is 0 Å². The van der Waals surface area contributed by atoms with Gasteiger partial charge in [-0.1, -0.05) is 59.2 Å². The van der Waals surface area contributed by atoms with Crippen molar-refractivity contribution in [2.24, 2.45) is 0 Å². The van der Waals surface area contributed by atoms with Crippen molar-refractivity contribution in [1.29, 1.82) is 0 Å². The average Bonchev–Trinajstić information content (AvgIpc) is 3.33. The van der Waals surface area contributed by atoms with Crippen molar-refractivity contribution in [2.75, 3.05) is 12.3 Å². The largest absolute Gasteiger partial charge is 4.00 e. The molecule has 0 atom stereocenters. The van der Waals surface area contributed by atoms with E-state index in [9.17, 15) is 0 Å². The van der Waals surface area contributed by atoms with E-state index in [0.717, 1.165) is 0 Å². The minimum absolute atomic E-state index is 0. The van der Waals surface area contributed by atoms with E-state index in [0.29, 0.717) is 0 Å². The minimum atomic E-state index is 0. The van der Waals surface area contributed by atoms with Gasteiger partial charge < -0.3 is 24.8 Å². The number of hydrogen-bond donors (Lipinski definition) is 0. The summed E-state index contributed by atoms with van der Waals surface area (Å²) in [5.74, 6) is 0. The fourth-order valence-corrected chi connectivity index (χ4v) is 6.23. The van der Waals surface area contributed by atoms with Gasteiger partial charge in [-0.25, -0.2) is 0 Å². The van der Waals surface area contributed by atoms with Crippen LogP contribution in [0.5, 0.6) is 0 Å². The third-order valence-electron chi connectivity index (χ3n) is 5.20. The Hall–Kier alpha value is -0.616. The Morgan fingerprint density at radius 1 is 0.833 bits per heavy atom. The second-order valence-electron chi connectivity index (χ2n) is 7.38. The van der Waals surface area contributed by atoms with Gasteiger partial charge in [-0.3, -0.25) is 0 Å². The number of aryl methyl sites for hydroxylation is 2. The number of benzene rings is 2. The second-order valence-corrected chi connectivity index (χ2v) is 9.87. The van der Waals surface area contributed by atoms with E-state index >= 15 is 0 Å². The first-order valence-corrected chi connectivity index (χ1v) is 11.9. The predicted molar refractivity (Wildman–Crippen MR) is 125 cm³/mol. The van der Waals surface area contributed by atoms with Gasteiger partial charge in [-0.2, -0.15) is 18.2 Å². The summed E-state index contributed by atoms with van der Waals surface area (Å²) in [6.07, 6.45) is 5.40. The van der Waals surface area contributed by atoms with Gasteiger partial charge in [0.05, 0.1) is 0 Å². The summed E-state index contributed by atoms with van der Waals surface area (Å²) in [5, 5.41) is 7.23. The molecular formula is C26H31Cl2PTi. The van der Waals surface area contributed by atoms with Crippen LogP contribution in [0.4, 0.5) is 0 Å². The molecule has 0 radical (unpaired) electrons. The molecule has 0 unspecified atom stereocenters. The molecule has 0 aromatic heterocycles. The summed E-state index contributed by atoms with van der Waals surface area (Å²) in [6, 6.07) is 24.4. The molecule has 0 heterocycles. The average molecular weight is 493 g/mol. The Bertz CT molecular complexity index is 928. The van der Waals surface area contributed by atoms with Crippen molar-refractivity contribution >= 4 is 34.8 Å². The number of fused-ring (bicyclic) bond motifs is 2. The Balaban J connectivity index is 0.000000535. The first-order valence-electron chi connectivity index (χ1n) is 10.2. The summed E-state index contributed by atoms with van der Waals surface area (Å²) in [4.78, 5) is 0. The molecule has 0 aliphatic rings. The van der Waals surface area contributed by atoms with Gasteiger partial charge >= 0.3 is 21.7 Å². The zero-order chi connectivity index (χ0) is 19.2. The van der Waals surface area contributed by atoms with E-state index < -0.39 is 0 Å². The van der Waals surface area contributed by atoms with Gasteiger partial charge in [0.15, 0.2) is 0 Å². The molecule has 0 amide bonds. The molecule has 4 rings (SSSR count). The van der Waals surface area contributed by atoms with Crippen LogP contribution < -0.4 is 30.1 Å². The smallest absolute Gasteiger partial charge is 1.00 e. The molecule has 0 N–H and O–H groups in total. The fourth-order valence-electron chi connectivity index (χ4n) is 3.76. The van der Waals surface area contributed by atoms with Gasteiger partial charge in [0.1, 0.15) is 0 Å². The maximum atomic E-state index is 2.41. The Morgan fingerprint density at radius 2 is 1.47 bits per heavy atom. The molecule has 4 aromatic rings. The van der Waals surface area contributed by atoms with E-state index in [1.807, 2.05) is 0 Å². The zero-order valence-electron chi connectivity index (χ0n) is 18.4. The van der Waals surface area contributed by atoms with Gasteiger partial charge in [0, 0.05) is 0 Å². The van der Waals surface area contributed by atoms with E-state index in [1.54, 1.807) is 5.30 Å². The molecule has 4 aromatic carbocycles. The normalized spacial score (nSPS) is 10.0. The number of rotatable bonds is 5. The molecule has 0 aliphatic carbocycles. The molecular weight excluding hydrogens is 462 g/mol. The molecule has 0 spiro atoms. The van der Waals surface area contributed by atoms with Crippen LogP contribution in [0.15, 0.2) is 66.7 Å². The monoisotopic (exact) mass is 492 g/mol. The maximum Gasteiger partial charge on any atom is 4.00 e. The molecule has 0 aliphatic heterocycles. The van der Waals surface area contributed by atoms with Gasteiger partial charge in [-0.15, -0.1) is 68.8 Å². The van der Waals surface area contributed by atoms with Crippen molar-refractivity contribution in [1.82, 2.24) is 0 Å². The second kappa shape index (κ2) is 14.4. The summed E-state index contributed by atoms with van der Waals surface area (Å²) in [7, 11) is 0.0972. The van der Waals surface area contributed by atoms with Crippen LogP contribution in [0, 0.1) is 13.8 Å². The van der Waals surface area contributed by atoms with Gasteiger partial charge in [-0.05, 0) is 19.2 Å². The summed E-state index contributed by atoms with van der Waals surface area (Å²) < 4.78 is 0. The van der Waals surface area contributed by atoms with Crippen molar-refractivity contribution < 1.29 is 46.5 Å². The number of halogens is 2. The summed E-state index contributed by atoms with van der Waals surface area (Å²) >= 11 is 0. The van der Waals surface area contributed by atoms with Crippen LogP contribution in [0.2, 0.25) is 0 Å². The van der Waals surface area contributed by atoms with Gasteiger partial charge in [0.2, 0.25) is 0 Å². The predicted octanol–water partition coefficient (Wildman–Crippen LogP) is 1.67. The topological polar surface area (TPSA) is 0 Å². The van der Waals surface area contributed by atoms with Crippen LogP contribution in [0.1, 0.15) is 37.8 Å². The SMILES string of the molecule is CCCP(CCC)c1cc2ccccc2[cH-]1.Cc1ccc(C)c2[cH-]ccc12.[Cl-].[Cl-].[Ti+4]. The Labute approximate surface area is 211 Å². The molecule has 0 nitrogen and oxygen atoms in total. The molecule has 0 fully saturated rings. The molecule has 0 saturated heterocycles. The molecule has 4 heteroatoms. The first-order chi connectivity index (χ1) is 13.1. The number of hydrogen-bond acceptors (Lipinski definition) is 0. The quantitative estimate of drug-likeness (QED) is 0.226. The zero-order valence-corrected chi connectivity index (χ0v) is 22.4. The standard InChI is InChI=1S/C15H20P.C11H11.2ClH.Ti/c1-3-9-16(10-4-2)15-11-13-7-5-6-8-14(13)12-15;1-8-6-7-9(2)11-5-3-4-10(8)11;;;/h5-8,11-12H,3-4,9-10H2,1-2H3;3-7H,1-2H3;2*1H;/q2*-1;;;+4/p-2. The molecule has 30 heavy (non-hydrogen) atoms. The van der Waals surface area contributed by atoms with Crippen LogP contribution in [-0.4, -0.2) is 12.3 Å². The van der Waals surface area contributed by atoms with Crippen molar-refractivity contribution in [3.05, 3.63) is 77.9 Å². The van der Waals surface area contributed by atoms with E-state index in [2.05, 4.69) is 94.4 Å². The fraction of sp³-hybridized carbons (Fsp3) is 0.308.